The zero-order valence-electron chi connectivity index (χ0n) is 9.81. The van der Waals surface area contributed by atoms with Gasteiger partial charge in [-0.25, -0.2) is 0 Å². The molecule has 86 valence electrons. The first-order valence-electron chi connectivity index (χ1n) is 5.70. The summed E-state index contributed by atoms with van der Waals surface area (Å²) in [6, 6.07) is 10.6. The fourth-order valence-corrected chi connectivity index (χ4v) is 2.20. The number of nitrogens with zero attached hydrogens (tertiary/aromatic N) is 1. The van der Waals surface area contributed by atoms with Crippen LogP contribution in [0.1, 0.15) is 24.4 Å². The number of nitrogens with one attached hydrogen (secondary N) is 1. The topological polar surface area (TPSA) is 32.3 Å². The Morgan fingerprint density at radius 1 is 1.25 bits per heavy atom. The standard InChI is InChI=1S/C13H18N2O/c1-15(2)13(16)12-9-8-11(14-12)10-6-4-3-5-7-10/h3-7,11-12,14H,8-9H2,1-2H3/t11-,12+/m1/s1. The van der Waals surface area contributed by atoms with E-state index in [1.165, 1.54) is 5.56 Å². The van der Waals surface area contributed by atoms with E-state index in [0.29, 0.717) is 6.04 Å². The van der Waals surface area contributed by atoms with Crippen molar-refractivity contribution in [3.8, 4) is 0 Å². The van der Waals surface area contributed by atoms with Crippen molar-refractivity contribution in [2.45, 2.75) is 24.9 Å². The Morgan fingerprint density at radius 2 is 1.94 bits per heavy atom. The van der Waals surface area contributed by atoms with Crippen LogP contribution in [0.4, 0.5) is 0 Å². The van der Waals surface area contributed by atoms with Crippen LogP contribution in [-0.4, -0.2) is 30.9 Å². The van der Waals surface area contributed by atoms with Gasteiger partial charge < -0.3 is 4.90 Å². The molecule has 1 aromatic rings. The van der Waals surface area contributed by atoms with Gasteiger partial charge in [0.2, 0.25) is 5.91 Å². The minimum absolute atomic E-state index is 0.0137. The van der Waals surface area contributed by atoms with Crippen LogP contribution in [0, 0.1) is 0 Å². The summed E-state index contributed by atoms with van der Waals surface area (Å²) in [7, 11) is 3.61. The van der Waals surface area contributed by atoms with Crippen LogP contribution in [0.15, 0.2) is 30.3 Å². The number of hydrogen-bond acceptors (Lipinski definition) is 2. The summed E-state index contributed by atoms with van der Waals surface area (Å²) in [5.41, 5.74) is 1.27. The molecule has 0 aliphatic carbocycles. The lowest BCUT2D eigenvalue weighted by Crippen LogP contribution is -2.40. The summed E-state index contributed by atoms with van der Waals surface area (Å²) < 4.78 is 0. The van der Waals surface area contributed by atoms with Crippen LogP contribution in [-0.2, 0) is 4.79 Å². The van der Waals surface area contributed by atoms with Gasteiger partial charge in [0, 0.05) is 20.1 Å². The fraction of sp³-hybridized carbons (Fsp3) is 0.462. The van der Waals surface area contributed by atoms with Gasteiger partial charge in [-0.3, -0.25) is 10.1 Å². The van der Waals surface area contributed by atoms with Crippen LogP contribution in [0.25, 0.3) is 0 Å². The van der Waals surface area contributed by atoms with Crippen molar-refractivity contribution in [2.75, 3.05) is 14.1 Å². The fourth-order valence-electron chi connectivity index (χ4n) is 2.20. The van der Waals surface area contributed by atoms with Gasteiger partial charge in [-0.2, -0.15) is 0 Å². The number of carbonyl (C=O) groups excluding carboxylic acids is 1. The van der Waals surface area contributed by atoms with Crippen molar-refractivity contribution in [3.05, 3.63) is 35.9 Å². The first kappa shape index (κ1) is 11.1. The van der Waals surface area contributed by atoms with E-state index in [1.54, 1.807) is 19.0 Å². The Balaban J connectivity index is 2.01. The van der Waals surface area contributed by atoms with Gasteiger partial charge in [0.25, 0.3) is 0 Å². The number of rotatable bonds is 2. The molecule has 0 unspecified atom stereocenters. The SMILES string of the molecule is CN(C)C(=O)[C@@H]1CC[C@H](c2ccccc2)N1. The molecule has 1 aliphatic rings. The first-order valence-corrected chi connectivity index (χ1v) is 5.70. The van der Waals surface area contributed by atoms with Crippen molar-refractivity contribution < 1.29 is 4.79 Å². The molecule has 1 fully saturated rings. The van der Waals surface area contributed by atoms with E-state index in [4.69, 9.17) is 0 Å². The average Bonchev–Trinajstić information content (AvgIpc) is 2.78. The second kappa shape index (κ2) is 4.66. The number of hydrogen-bond donors (Lipinski definition) is 1. The van der Waals surface area contributed by atoms with Gasteiger partial charge in [-0.1, -0.05) is 30.3 Å². The van der Waals surface area contributed by atoms with Crippen LogP contribution < -0.4 is 5.32 Å². The highest BCUT2D eigenvalue weighted by Gasteiger charge is 2.30. The Bertz CT molecular complexity index is 361. The molecule has 0 bridgehead atoms. The van der Waals surface area contributed by atoms with Crippen molar-refractivity contribution in [3.63, 3.8) is 0 Å². The zero-order chi connectivity index (χ0) is 11.5. The molecule has 1 amide bonds. The molecular weight excluding hydrogens is 200 g/mol. The van der Waals surface area contributed by atoms with E-state index in [1.807, 2.05) is 18.2 Å². The molecular formula is C13H18N2O. The minimum Gasteiger partial charge on any atom is -0.347 e. The molecule has 0 saturated carbocycles. The third-order valence-electron chi connectivity index (χ3n) is 3.09. The Kier molecular flexibility index (Phi) is 3.25. The number of amides is 1. The Labute approximate surface area is 96.5 Å². The van der Waals surface area contributed by atoms with Crippen molar-refractivity contribution in [2.24, 2.45) is 0 Å². The predicted octanol–water partition coefficient (Wildman–Crippen LogP) is 1.57. The molecule has 2 rings (SSSR count). The average molecular weight is 218 g/mol. The molecule has 3 nitrogen and oxygen atoms in total. The normalized spacial score (nSPS) is 24.4. The molecule has 1 saturated heterocycles. The van der Waals surface area contributed by atoms with Gasteiger partial charge in [0.1, 0.15) is 0 Å². The lowest BCUT2D eigenvalue weighted by atomic mass is 10.1. The van der Waals surface area contributed by atoms with E-state index in [0.717, 1.165) is 12.8 Å². The molecule has 2 atom stereocenters. The van der Waals surface area contributed by atoms with E-state index in [2.05, 4.69) is 17.4 Å². The Morgan fingerprint density at radius 3 is 2.56 bits per heavy atom. The molecule has 1 aromatic carbocycles. The summed E-state index contributed by atoms with van der Waals surface area (Å²) in [5.74, 6) is 0.179. The molecule has 0 aromatic heterocycles. The Hall–Kier alpha value is -1.35. The van der Waals surface area contributed by atoms with Gasteiger partial charge in [0.05, 0.1) is 6.04 Å². The van der Waals surface area contributed by atoms with Crippen molar-refractivity contribution in [1.82, 2.24) is 10.2 Å². The van der Waals surface area contributed by atoms with Crippen LogP contribution in [0.2, 0.25) is 0 Å². The summed E-state index contributed by atoms with van der Waals surface area (Å²) in [5, 5.41) is 3.40. The van der Waals surface area contributed by atoms with Crippen molar-refractivity contribution in [1.29, 1.82) is 0 Å². The molecule has 1 N–H and O–H groups in total. The van der Waals surface area contributed by atoms with Gasteiger partial charge in [-0.05, 0) is 18.4 Å². The summed E-state index contributed by atoms with van der Waals surface area (Å²) in [6.45, 7) is 0. The molecule has 0 spiro atoms. The van der Waals surface area contributed by atoms with E-state index >= 15 is 0 Å². The molecule has 1 heterocycles. The summed E-state index contributed by atoms with van der Waals surface area (Å²) >= 11 is 0. The van der Waals surface area contributed by atoms with E-state index in [9.17, 15) is 4.79 Å². The maximum atomic E-state index is 11.8. The molecule has 1 aliphatic heterocycles. The number of benzene rings is 1. The molecule has 0 radical (unpaired) electrons. The molecule has 3 heteroatoms. The predicted molar refractivity (Wildman–Crippen MR) is 64.0 cm³/mol. The van der Waals surface area contributed by atoms with Crippen LogP contribution in [0.3, 0.4) is 0 Å². The highest BCUT2D eigenvalue weighted by atomic mass is 16.2. The lowest BCUT2D eigenvalue weighted by molar-refractivity contribution is -0.130. The minimum atomic E-state index is -0.0137. The van der Waals surface area contributed by atoms with Gasteiger partial charge >= 0.3 is 0 Å². The van der Waals surface area contributed by atoms with Crippen LogP contribution in [0.5, 0.6) is 0 Å². The highest BCUT2D eigenvalue weighted by Crippen LogP contribution is 2.26. The third-order valence-corrected chi connectivity index (χ3v) is 3.09. The van der Waals surface area contributed by atoms with E-state index < -0.39 is 0 Å². The second-order valence-corrected chi connectivity index (χ2v) is 4.49. The quantitative estimate of drug-likeness (QED) is 0.817. The van der Waals surface area contributed by atoms with Gasteiger partial charge in [0.15, 0.2) is 0 Å². The lowest BCUT2D eigenvalue weighted by Gasteiger charge is -2.18. The summed E-state index contributed by atoms with van der Waals surface area (Å²) in [6.07, 6.45) is 1.96. The van der Waals surface area contributed by atoms with E-state index in [-0.39, 0.29) is 11.9 Å². The van der Waals surface area contributed by atoms with Crippen molar-refractivity contribution >= 4 is 5.91 Å². The maximum absolute atomic E-state index is 11.8. The monoisotopic (exact) mass is 218 g/mol. The highest BCUT2D eigenvalue weighted by molar-refractivity contribution is 5.81. The maximum Gasteiger partial charge on any atom is 0.239 e. The largest absolute Gasteiger partial charge is 0.347 e. The first-order chi connectivity index (χ1) is 7.68. The van der Waals surface area contributed by atoms with Crippen LogP contribution >= 0.6 is 0 Å². The zero-order valence-corrected chi connectivity index (χ0v) is 9.81. The number of carbonyl (C=O) groups is 1. The molecule has 16 heavy (non-hydrogen) atoms. The number of likely N-dealkylation sites (N-methyl/N-ethyl adjacent to an activating group) is 1. The second-order valence-electron chi connectivity index (χ2n) is 4.49. The summed E-state index contributed by atoms with van der Waals surface area (Å²) in [4.78, 5) is 13.4. The smallest absolute Gasteiger partial charge is 0.239 e. The third kappa shape index (κ3) is 2.25. The van der Waals surface area contributed by atoms with Gasteiger partial charge in [-0.15, -0.1) is 0 Å².